The Morgan fingerprint density at radius 3 is 1.52 bits per heavy atom. The van der Waals surface area contributed by atoms with Gasteiger partial charge in [-0.3, -0.25) is 0 Å². The molecule has 0 aliphatic heterocycles. The van der Waals surface area contributed by atoms with Crippen LogP contribution in [0.1, 0.15) is 52.2 Å². The van der Waals surface area contributed by atoms with Gasteiger partial charge in [0.2, 0.25) is 0 Å². The van der Waals surface area contributed by atoms with Crippen molar-refractivity contribution in [2.75, 3.05) is 0 Å². The van der Waals surface area contributed by atoms with Crippen molar-refractivity contribution in [3.8, 4) is 0 Å². The molecule has 0 saturated carbocycles. The molecular weight excluding hydrogens is 505 g/mol. The van der Waals surface area contributed by atoms with Crippen molar-refractivity contribution in [1.82, 2.24) is 0 Å². The van der Waals surface area contributed by atoms with Crippen molar-refractivity contribution in [3.63, 3.8) is 0 Å². The van der Waals surface area contributed by atoms with Gasteiger partial charge in [-0.15, -0.1) is 0 Å². The molecule has 0 heterocycles. The van der Waals surface area contributed by atoms with E-state index in [9.17, 15) is 0 Å². The molecule has 0 amide bonds. The molecule has 0 radical (unpaired) electrons. The first-order valence-corrected chi connectivity index (χ1v) is 27.2. The number of hydrogen-bond acceptors (Lipinski definition) is 0. The molecular formula is C30H44Si2Y. The minimum atomic E-state index is -3.18. The molecule has 2 aromatic rings. The monoisotopic (exact) mass is 549 g/mol. The Hall–Kier alpha value is -0.542. The molecule has 0 bridgehead atoms. The van der Waals surface area contributed by atoms with Crippen LogP contribution in [-0.4, -0.2) is 16.1 Å². The summed E-state index contributed by atoms with van der Waals surface area (Å²) in [6, 6.07) is 14.3. The topological polar surface area (TPSA) is 0 Å². The van der Waals surface area contributed by atoms with E-state index < -0.39 is 41.8 Å². The molecule has 0 fully saturated rings. The number of fused-ring (bicyclic) bond motifs is 2. The molecule has 175 valence electrons. The number of rotatable bonds is 7. The summed E-state index contributed by atoms with van der Waals surface area (Å²) in [6.07, 6.45) is 11.8. The van der Waals surface area contributed by atoms with Crippen molar-refractivity contribution in [3.05, 3.63) is 81.9 Å². The van der Waals surface area contributed by atoms with E-state index in [1.807, 2.05) is 0 Å². The van der Waals surface area contributed by atoms with Crippen LogP contribution in [0.2, 0.25) is 44.5 Å². The summed E-state index contributed by atoms with van der Waals surface area (Å²) in [5, 5.41) is 0. The van der Waals surface area contributed by atoms with E-state index in [2.05, 4.69) is 121 Å². The van der Waals surface area contributed by atoms with E-state index >= 15 is 0 Å². The average molecular weight is 550 g/mol. The fourth-order valence-corrected chi connectivity index (χ4v) is 72.9. The second-order valence-electron chi connectivity index (χ2n) is 13.2. The SMILES string of the molecule is CC[CH2][Y]([CH]1C=Cc2c(C)cccc21)([CH]1C=Cc2c(C)cccc21)[CH]([Si](C)(C)C)[Si](C)(C)C. The van der Waals surface area contributed by atoms with Gasteiger partial charge in [0.25, 0.3) is 0 Å². The van der Waals surface area contributed by atoms with Crippen LogP contribution in [0.25, 0.3) is 12.2 Å². The van der Waals surface area contributed by atoms with E-state index in [4.69, 9.17) is 0 Å². The third-order valence-corrected chi connectivity index (χ3v) is 56.4. The van der Waals surface area contributed by atoms with Gasteiger partial charge in [-0.25, -0.2) is 0 Å². The van der Waals surface area contributed by atoms with Crippen LogP contribution in [-0.2, 0) is 25.7 Å². The molecule has 2 aliphatic rings. The predicted octanol–water partition coefficient (Wildman–Crippen LogP) is 9.66. The van der Waals surface area contributed by atoms with Crippen molar-refractivity contribution in [1.29, 1.82) is 0 Å². The normalized spacial score (nSPS) is 21.4. The third-order valence-electron chi connectivity index (χ3n) is 8.99. The Morgan fingerprint density at radius 1 is 0.727 bits per heavy atom. The van der Waals surface area contributed by atoms with Gasteiger partial charge in [0.05, 0.1) is 0 Å². The second-order valence-corrected chi connectivity index (χ2v) is 40.7. The van der Waals surface area contributed by atoms with Crippen LogP contribution in [0.4, 0.5) is 0 Å². The zero-order valence-electron chi connectivity index (χ0n) is 22.5. The first-order chi connectivity index (χ1) is 15.4. The van der Waals surface area contributed by atoms with Crippen molar-refractivity contribution >= 4 is 28.3 Å². The number of benzene rings is 2. The van der Waals surface area contributed by atoms with Gasteiger partial charge in [0, 0.05) is 0 Å². The molecule has 2 atom stereocenters. The fourth-order valence-electron chi connectivity index (χ4n) is 8.96. The van der Waals surface area contributed by atoms with Crippen LogP contribution in [0.5, 0.6) is 0 Å². The van der Waals surface area contributed by atoms with Gasteiger partial charge in [-0.05, 0) is 0 Å². The Morgan fingerprint density at radius 2 is 1.15 bits per heavy atom. The zero-order valence-corrected chi connectivity index (χ0v) is 27.3. The van der Waals surface area contributed by atoms with Crippen LogP contribution < -0.4 is 0 Å². The second kappa shape index (κ2) is 9.16. The van der Waals surface area contributed by atoms with Crippen molar-refractivity contribution in [2.24, 2.45) is 0 Å². The van der Waals surface area contributed by atoms with E-state index in [1.54, 1.807) is 22.3 Å². The maximum atomic E-state index is 2.71. The summed E-state index contributed by atoms with van der Waals surface area (Å²) in [4.78, 5) is 0. The van der Waals surface area contributed by atoms with Crippen LogP contribution in [0.15, 0.2) is 48.6 Å². The Balaban J connectivity index is 2.06. The number of allylic oxidation sites excluding steroid dienone is 2. The van der Waals surface area contributed by atoms with Gasteiger partial charge in [-0.2, -0.15) is 0 Å². The molecule has 4 rings (SSSR count). The summed E-state index contributed by atoms with van der Waals surface area (Å²) < 4.78 is 3.94. The molecule has 0 aromatic heterocycles. The molecule has 0 N–H and O–H groups in total. The van der Waals surface area contributed by atoms with Gasteiger partial charge < -0.3 is 0 Å². The Bertz CT molecular complexity index is 1020. The van der Waals surface area contributed by atoms with Gasteiger partial charge in [-0.1, -0.05) is 0 Å². The number of hydrogen-bond donors (Lipinski definition) is 0. The Kier molecular flexibility index (Phi) is 7.09. The standard InChI is InChI=1S/2C10H9.C7H19Si2.C3H7.Y/c2*1-8-4-2-5-9-6-3-7-10(8)9;1-8(2,3)7-9(4,5)6;1-3-2;/h2*2-7H,1H3;7H,1-6H3;1,3H2,2H3;. The average Bonchev–Trinajstić information content (AvgIpc) is 3.32. The minimum absolute atomic E-state index is 0.703. The molecule has 0 saturated heterocycles. The van der Waals surface area contributed by atoms with Gasteiger partial charge in [0.1, 0.15) is 0 Å². The molecule has 0 spiro atoms. The number of aryl methyl sites for hydroxylation is 2. The summed E-state index contributed by atoms with van der Waals surface area (Å²) in [7, 11) is -2.82. The van der Waals surface area contributed by atoms with E-state index in [-0.39, 0.29) is 0 Å². The first-order valence-electron chi connectivity index (χ1n) is 13.2. The summed E-state index contributed by atoms with van der Waals surface area (Å²) in [5.41, 5.74) is 9.36. The van der Waals surface area contributed by atoms with Crippen molar-refractivity contribution in [2.45, 2.75) is 77.1 Å². The first kappa shape index (κ1) is 25.5. The molecule has 0 nitrogen and oxygen atoms in total. The fraction of sp³-hybridized carbons (Fsp3) is 0.467. The quantitative estimate of drug-likeness (QED) is 0.302. The maximum absolute atomic E-state index is 3.18. The predicted molar refractivity (Wildman–Crippen MR) is 151 cm³/mol. The van der Waals surface area contributed by atoms with Crippen LogP contribution in [0, 0.1) is 13.8 Å². The van der Waals surface area contributed by atoms with Crippen LogP contribution >= 0.6 is 0 Å². The summed E-state index contributed by atoms with van der Waals surface area (Å²) >= 11 is -3.18. The molecule has 33 heavy (non-hydrogen) atoms. The van der Waals surface area contributed by atoms with Gasteiger partial charge >= 0.3 is 213 Å². The van der Waals surface area contributed by atoms with Crippen LogP contribution in [0.3, 0.4) is 0 Å². The molecule has 2 unspecified atom stereocenters. The third kappa shape index (κ3) is 4.32. The molecule has 2 aromatic carbocycles. The van der Waals surface area contributed by atoms with E-state index in [0.29, 0.717) is 5.46 Å². The van der Waals surface area contributed by atoms with E-state index in [1.165, 1.54) is 20.8 Å². The molecule has 2 aliphatic carbocycles. The van der Waals surface area contributed by atoms with Crippen molar-refractivity contribution < 1.29 is 25.7 Å². The summed E-state index contributed by atoms with van der Waals surface area (Å²) in [5.74, 6) is 0. The molecule has 3 heteroatoms. The van der Waals surface area contributed by atoms with Gasteiger partial charge in [0.15, 0.2) is 0 Å². The Labute approximate surface area is 211 Å². The summed E-state index contributed by atoms with van der Waals surface area (Å²) in [6.45, 7) is 23.4. The zero-order chi connectivity index (χ0) is 24.2. The van der Waals surface area contributed by atoms with E-state index in [0.717, 1.165) is 1.98 Å².